The van der Waals surface area contributed by atoms with Crippen molar-refractivity contribution < 1.29 is 9.47 Å². The molecule has 98 valence electrons. The SMILES string of the molecule is COc1cc(-c2ccc3c(c2)CC(C)O3)nc(N)n1. The molecule has 1 atom stereocenters. The highest BCUT2D eigenvalue weighted by molar-refractivity contribution is 5.64. The zero-order valence-electron chi connectivity index (χ0n) is 10.9. The zero-order valence-corrected chi connectivity index (χ0v) is 10.9. The molecule has 0 aliphatic carbocycles. The van der Waals surface area contributed by atoms with Gasteiger partial charge < -0.3 is 15.2 Å². The molecule has 0 fully saturated rings. The molecule has 0 spiro atoms. The summed E-state index contributed by atoms with van der Waals surface area (Å²) >= 11 is 0. The minimum Gasteiger partial charge on any atom is -0.490 e. The van der Waals surface area contributed by atoms with Crippen molar-refractivity contribution in [3.63, 3.8) is 0 Å². The third-order valence-electron chi connectivity index (χ3n) is 3.12. The zero-order chi connectivity index (χ0) is 13.4. The lowest BCUT2D eigenvalue weighted by atomic mass is 10.0. The second kappa shape index (κ2) is 4.42. The number of hydrogen-bond acceptors (Lipinski definition) is 5. The molecular weight excluding hydrogens is 242 g/mol. The van der Waals surface area contributed by atoms with Gasteiger partial charge in [0.25, 0.3) is 0 Å². The van der Waals surface area contributed by atoms with Crippen LogP contribution in [0.15, 0.2) is 24.3 Å². The van der Waals surface area contributed by atoms with Crippen LogP contribution in [-0.2, 0) is 6.42 Å². The van der Waals surface area contributed by atoms with Gasteiger partial charge in [0, 0.05) is 18.1 Å². The van der Waals surface area contributed by atoms with Gasteiger partial charge in [-0.3, -0.25) is 0 Å². The van der Waals surface area contributed by atoms with Gasteiger partial charge in [0.05, 0.1) is 12.8 Å². The molecule has 0 amide bonds. The fourth-order valence-electron chi connectivity index (χ4n) is 2.28. The van der Waals surface area contributed by atoms with Gasteiger partial charge in [-0.1, -0.05) is 0 Å². The number of aromatic nitrogens is 2. The van der Waals surface area contributed by atoms with E-state index >= 15 is 0 Å². The molecule has 5 nitrogen and oxygen atoms in total. The minimum atomic E-state index is 0.208. The van der Waals surface area contributed by atoms with Crippen LogP contribution < -0.4 is 15.2 Å². The molecule has 3 rings (SSSR count). The van der Waals surface area contributed by atoms with Crippen molar-refractivity contribution in [2.24, 2.45) is 0 Å². The van der Waals surface area contributed by atoms with E-state index in [1.165, 1.54) is 5.56 Å². The van der Waals surface area contributed by atoms with Crippen LogP contribution in [0.2, 0.25) is 0 Å². The lowest BCUT2D eigenvalue weighted by Gasteiger charge is -2.06. The highest BCUT2D eigenvalue weighted by atomic mass is 16.5. The van der Waals surface area contributed by atoms with Crippen LogP contribution in [0.1, 0.15) is 12.5 Å². The molecule has 1 unspecified atom stereocenters. The first-order valence-electron chi connectivity index (χ1n) is 6.14. The Morgan fingerprint density at radius 1 is 1.32 bits per heavy atom. The smallest absolute Gasteiger partial charge is 0.223 e. The van der Waals surface area contributed by atoms with Crippen LogP contribution in [-0.4, -0.2) is 23.2 Å². The molecule has 0 bridgehead atoms. The average Bonchev–Trinajstić information content (AvgIpc) is 2.76. The monoisotopic (exact) mass is 257 g/mol. The van der Waals surface area contributed by atoms with E-state index in [0.29, 0.717) is 5.88 Å². The molecule has 0 saturated carbocycles. The van der Waals surface area contributed by atoms with Gasteiger partial charge in [-0.2, -0.15) is 4.98 Å². The van der Waals surface area contributed by atoms with Gasteiger partial charge in [0.15, 0.2) is 0 Å². The molecule has 5 heteroatoms. The van der Waals surface area contributed by atoms with Gasteiger partial charge in [0.2, 0.25) is 11.8 Å². The molecule has 0 saturated heterocycles. The van der Waals surface area contributed by atoms with Crippen LogP contribution in [0.5, 0.6) is 11.6 Å². The molecule has 1 aliphatic rings. The summed E-state index contributed by atoms with van der Waals surface area (Å²) in [6, 6.07) is 7.80. The van der Waals surface area contributed by atoms with Gasteiger partial charge >= 0.3 is 0 Å². The number of nitrogen functional groups attached to an aromatic ring is 1. The average molecular weight is 257 g/mol. The highest BCUT2D eigenvalue weighted by Crippen LogP contribution is 2.33. The maximum absolute atomic E-state index is 5.68. The summed E-state index contributed by atoms with van der Waals surface area (Å²) in [5.74, 6) is 1.62. The highest BCUT2D eigenvalue weighted by Gasteiger charge is 2.19. The number of benzene rings is 1. The second-order valence-electron chi connectivity index (χ2n) is 4.61. The number of methoxy groups -OCH3 is 1. The maximum Gasteiger partial charge on any atom is 0.223 e. The molecule has 1 aromatic heterocycles. The molecule has 2 heterocycles. The number of nitrogens with zero attached hydrogens (tertiary/aromatic N) is 2. The van der Waals surface area contributed by atoms with E-state index < -0.39 is 0 Å². The first-order valence-corrected chi connectivity index (χ1v) is 6.14. The first-order chi connectivity index (χ1) is 9.15. The van der Waals surface area contributed by atoms with Crippen molar-refractivity contribution in [1.82, 2.24) is 9.97 Å². The van der Waals surface area contributed by atoms with Gasteiger partial charge in [-0.25, -0.2) is 4.98 Å². The largest absolute Gasteiger partial charge is 0.490 e. The topological polar surface area (TPSA) is 70.3 Å². The predicted octanol–water partition coefficient (Wildman–Crippen LogP) is 2.06. The summed E-state index contributed by atoms with van der Waals surface area (Å²) < 4.78 is 10.8. The van der Waals surface area contributed by atoms with E-state index in [-0.39, 0.29) is 12.1 Å². The van der Waals surface area contributed by atoms with Crippen molar-refractivity contribution in [2.45, 2.75) is 19.4 Å². The fraction of sp³-hybridized carbons (Fsp3) is 0.286. The summed E-state index contributed by atoms with van der Waals surface area (Å²) in [5.41, 5.74) is 8.62. The lowest BCUT2D eigenvalue weighted by molar-refractivity contribution is 0.254. The van der Waals surface area contributed by atoms with Crippen LogP contribution in [0.3, 0.4) is 0 Å². The Kier molecular flexibility index (Phi) is 2.74. The van der Waals surface area contributed by atoms with Crippen LogP contribution in [0.25, 0.3) is 11.3 Å². The number of hydrogen-bond donors (Lipinski definition) is 1. The van der Waals surface area contributed by atoms with E-state index in [0.717, 1.165) is 23.4 Å². The van der Waals surface area contributed by atoms with Crippen molar-refractivity contribution in [1.29, 1.82) is 0 Å². The van der Waals surface area contributed by atoms with Gasteiger partial charge in [-0.05, 0) is 30.7 Å². The van der Waals surface area contributed by atoms with Crippen molar-refractivity contribution in [3.05, 3.63) is 29.8 Å². The number of anilines is 1. The summed E-state index contributed by atoms with van der Waals surface area (Å²) in [4.78, 5) is 8.22. The predicted molar refractivity (Wildman–Crippen MR) is 72.2 cm³/mol. The second-order valence-corrected chi connectivity index (χ2v) is 4.61. The third kappa shape index (κ3) is 2.19. The van der Waals surface area contributed by atoms with Crippen molar-refractivity contribution >= 4 is 5.95 Å². The summed E-state index contributed by atoms with van der Waals surface area (Å²) in [7, 11) is 1.56. The van der Waals surface area contributed by atoms with Crippen LogP contribution in [0.4, 0.5) is 5.95 Å². The summed E-state index contributed by atoms with van der Waals surface area (Å²) in [6.07, 6.45) is 1.15. The molecule has 1 aliphatic heterocycles. The Morgan fingerprint density at radius 2 is 2.16 bits per heavy atom. The van der Waals surface area contributed by atoms with E-state index in [4.69, 9.17) is 15.2 Å². The van der Waals surface area contributed by atoms with Crippen LogP contribution in [0, 0.1) is 0 Å². The molecule has 2 N–H and O–H groups in total. The Morgan fingerprint density at radius 3 is 2.95 bits per heavy atom. The third-order valence-corrected chi connectivity index (χ3v) is 3.12. The maximum atomic E-state index is 5.68. The lowest BCUT2D eigenvalue weighted by Crippen LogP contribution is -2.05. The number of fused-ring (bicyclic) bond motifs is 1. The van der Waals surface area contributed by atoms with E-state index in [1.807, 2.05) is 12.1 Å². The van der Waals surface area contributed by atoms with Crippen molar-refractivity contribution in [3.8, 4) is 22.9 Å². The molecule has 0 radical (unpaired) electrons. The number of nitrogens with two attached hydrogens (primary N) is 1. The fourth-order valence-corrected chi connectivity index (χ4v) is 2.28. The Hall–Kier alpha value is -2.30. The number of ether oxygens (including phenoxy) is 2. The summed E-state index contributed by atoms with van der Waals surface area (Å²) in [5, 5.41) is 0. The van der Waals surface area contributed by atoms with E-state index in [2.05, 4.69) is 23.0 Å². The van der Waals surface area contributed by atoms with E-state index in [9.17, 15) is 0 Å². The Bertz CT molecular complexity index is 628. The van der Waals surface area contributed by atoms with Crippen molar-refractivity contribution in [2.75, 3.05) is 12.8 Å². The standard InChI is InChI=1S/C14H15N3O2/c1-8-5-10-6-9(3-4-12(10)19-8)11-7-13(18-2)17-14(15)16-11/h3-4,6-8H,5H2,1-2H3,(H2,15,16,17). The minimum absolute atomic E-state index is 0.208. The quantitative estimate of drug-likeness (QED) is 0.891. The van der Waals surface area contributed by atoms with Gasteiger partial charge in [-0.15, -0.1) is 0 Å². The normalized spacial score (nSPS) is 16.8. The van der Waals surface area contributed by atoms with E-state index in [1.54, 1.807) is 13.2 Å². The Balaban J connectivity index is 2.03. The molecule has 19 heavy (non-hydrogen) atoms. The summed E-state index contributed by atoms with van der Waals surface area (Å²) in [6.45, 7) is 2.06. The molecule has 2 aromatic rings. The molecular formula is C14H15N3O2. The number of rotatable bonds is 2. The molecule has 1 aromatic carbocycles. The first kappa shape index (κ1) is 11.8. The van der Waals surface area contributed by atoms with Crippen LogP contribution >= 0.6 is 0 Å². The van der Waals surface area contributed by atoms with Gasteiger partial charge in [0.1, 0.15) is 11.9 Å². The Labute approximate surface area is 111 Å².